The molecule has 0 spiro atoms. The summed E-state index contributed by atoms with van der Waals surface area (Å²) in [6.45, 7) is 0. The molecule has 7 heteroatoms. The molecule has 2 aromatic heterocycles. The van der Waals surface area contributed by atoms with Crippen molar-refractivity contribution < 1.29 is 9.94 Å². The molecule has 0 saturated carbocycles. The van der Waals surface area contributed by atoms with Crippen molar-refractivity contribution in [3.63, 3.8) is 0 Å². The van der Waals surface area contributed by atoms with Crippen LogP contribution in [0.5, 0.6) is 5.75 Å². The molecule has 33 heavy (non-hydrogen) atoms. The van der Waals surface area contributed by atoms with Crippen LogP contribution in [0.25, 0.3) is 39.2 Å². The van der Waals surface area contributed by atoms with Gasteiger partial charge in [-0.2, -0.15) is 4.52 Å². The number of ether oxygens (including phenoxy) is 1. The Morgan fingerprint density at radius 3 is 2.09 bits per heavy atom. The van der Waals surface area contributed by atoms with Gasteiger partial charge in [0.1, 0.15) is 11.4 Å². The molecular formula is C26H20N4O3. The molecule has 0 saturated heterocycles. The van der Waals surface area contributed by atoms with E-state index in [2.05, 4.69) is 10.3 Å². The fraction of sp³-hybridized carbons (Fsp3) is 0.0385. The van der Waals surface area contributed by atoms with Gasteiger partial charge < -0.3 is 9.94 Å². The first-order valence-electron chi connectivity index (χ1n) is 10.3. The molecule has 3 aromatic carbocycles. The molecule has 0 aliphatic rings. The minimum atomic E-state index is -0.306. The van der Waals surface area contributed by atoms with Crippen LogP contribution < -0.4 is 10.3 Å². The van der Waals surface area contributed by atoms with E-state index in [1.165, 1.54) is 10.7 Å². The zero-order valence-electron chi connectivity index (χ0n) is 17.8. The summed E-state index contributed by atoms with van der Waals surface area (Å²) in [4.78, 5) is 18.5. The summed E-state index contributed by atoms with van der Waals surface area (Å²) in [5, 5.41) is 15.7. The van der Waals surface area contributed by atoms with Crippen molar-refractivity contribution in [2.75, 3.05) is 7.11 Å². The highest BCUT2D eigenvalue weighted by Crippen LogP contribution is 2.34. The molecule has 0 radical (unpaired) electrons. The van der Waals surface area contributed by atoms with E-state index in [0.717, 1.165) is 22.4 Å². The van der Waals surface area contributed by atoms with E-state index in [-0.39, 0.29) is 11.3 Å². The van der Waals surface area contributed by atoms with Gasteiger partial charge in [0.05, 0.1) is 30.1 Å². The summed E-state index contributed by atoms with van der Waals surface area (Å²) in [6.07, 6.45) is 1.19. The molecular weight excluding hydrogens is 416 g/mol. The van der Waals surface area contributed by atoms with E-state index < -0.39 is 0 Å². The Morgan fingerprint density at radius 2 is 1.48 bits per heavy atom. The van der Waals surface area contributed by atoms with Gasteiger partial charge in [-0.25, -0.2) is 4.98 Å². The van der Waals surface area contributed by atoms with E-state index in [1.807, 2.05) is 60.7 Å². The molecule has 2 heterocycles. The topological polar surface area (TPSA) is 92.0 Å². The summed E-state index contributed by atoms with van der Waals surface area (Å²) >= 11 is 0. The molecule has 0 amide bonds. The zero-order chi connectivity index (χ0) is 22.8. The van der Waals surface area contributed by atoms with Crippen molar-refractivity contribution in [3.05, 3.63) is 101 Å². The highest BCUT2D eigenvalue weighted by molar-refractivity contribution is 5.94. The quantitative estimate of drug-likeness (QED) is 0.234. The highest BCUT2D eigenvalue weighted by atomic mass is 16.5. The molecule has 2 N–H and O–H groups in total. The number of aromatic amines is 1. The number of oxime groups is 1. The van der Waals surface area contributed by atoms with Crippen LogP contribution in [0.4, 0.5) is 0 Å². The first kappa shape index (κ1) is 20.3. The van der Waals surface area contributed by atoms with Gasteiger partial charge in [-0.05, 0) is 23.3 Å². The number of nitrogens with one attached hydrogen (secondary N) is 1. The number of aromatic nitrogens is 3. The normalized spacial score (nSPS) is 11.3. The first-order chi connectivity index (χ1) is 16.2. The van der Waals surface area contributed by atoms with Gasteiger partial charge in [-0.1, -0.05) is 78.0 Å². The van der Waals surface area contributed by atoms with Gasteiger partial charge in [0.15, 0.2) is 5.65 Å². The van der Waals surface area contributed by atoms with Crippen LogP contribution in [0, 0.1) is 0 Å². The second-order valence-corrected chi connectivity index (χ2v) is 7.40. The molecule has 0 atom stereocenters. The van der Waals surface area contributed by atoms with Gasteiger partial charge in [0.25, 0.3) is 5.56 Å². The lowest BCUT2D eigenvalue weighted by atomic mass is 10.0. The molecule has 0 fully saturated rings. The molecule has 5 rings (SSSR count). The number of nitrogens with zero attached hydrogens (tertiary/aromatic N) is 3. The van der Waals surface area contributed by atoms with Crippen molar-refractivity contribution in [3.8, 4) is 39.3 Å². The Balaban J connectivity index is 1.87. The molecule has 162 valence electrons. The highest BCUT2D eigenvalue weighted by Gasteiger charge is 2.22. The van der Waals surface area contributed by atoms with Gasteiger partial charge in [-0.3, -0.25) is 9.89 Å². The van der Waals surface area contributed by atoms with Crippen LogP contribution in [-0.2, 0) is 0 Å². The molecule has 0 bridgehead atoms. The van der Waals surface area contributed by atoms with Crippen molar-refractivity contribution >= 4 is 11.9 Å². The summed E-state index contributed by atoms with van der Waals surface area (Å²) in [7, 11) is 1.58. The van der Waals surface area contributed by atoms with Crippen molar-refractivity contribution in [2.24, 2.45) is 5.16 Å². The number of hydrogen-bond acceptors (Lipinski definition) is 5. The van der Waals surface area contributed by atoms with Gasteiger partial charge in [-0.15, -0.1) is 0 Å². The average molecular weight is 436 g/mol. The number of methoxy groups -OCH3 is 1. The summed E-state index contributed by atoms with van der Waals surface area (Å²) < 4.78 is 6.67. The first-order valence-corrected chi connectivity index (χ1v) is 10.3. The van der Waals surface area contributed by atoms with E-state index in [9.17, 15) is 10.0 Å². The van der Waals surface area contributed by atoms with Gasteiger partial charge in [0, 0.05) is 5.56 Å². The van der Waals surface area contributed by atoms with Crippen LogP contribution >= 0.6 is 0 Å². The summed E-state index contributed by atoms with van der Waals surface area (Å²) in [5.74, 6) is 0.669. The minimum Gasteiger partial charge on any atom is -0.497 e. The van der Waals surface area contributed by atoms with E-state index in [4.69, 9.17) is 9.72 Å². The zero-order valence-corrected chi connectivity index (χ0v) is 17.8. The average Bonchev–Trinajstić information content (AvgIpc) is 3.25. The summed E-state index contributed by atoms with van der Waals surface area (Å²) in [6, 6.07) is 26.6. The van der Waals surface area contributed by atoms with Gasteiger partial charge in [0.2, 0.25) is 0 Å². The Kier molecular flexibility index (Phi) is 5.20. The van der Waals surface area contributed by atoms with Crippen LogP contribution in [0.15, 0.2) is 94.9 Å². The van der Waals surface area contributed by atoms with Gasteiger partial charge >= 0.3 is 0 Å². The molecule has 0 aliphatic carbocycles. The van der Waals surface area contributed by atoms with E-state index in [0.29, 0.717) is 22.5 Å². The Bertz CT molecular complexity index is 1500. The fourth-order valence-corrected chi connectivity index (χ4v) is 3.96. The van der Waals surface area contributed by atoms with Crippen LogP contribution in [0.2, 0.25) is 0 Å². The Hall–Kier alpha value is -4.65. The van der Waals surface area contributed by atoms with Crippen LogP contribution in [-0.4, -0.2) is 33.1 Å². The van der Waals surface area contributed by atoms with E-state index in [1.54, 1.807) is 31.4 Å². The number of fused-ring (bicyclic) bond motifs is 1. The van der Waals surface area contributed by atoms with Crippen LogP contribution in [0.3, 0.4) is 0 Å². The maximum absolute atomic E-state index is 13.7. The standard InChI is InChI=1S/C26H20N4O3/c1-33-20-14-12-18(13-15-20)22-21(16-27-32)28-25-23(17-8-4-2-5-9-17)24(29-30(25)26(22)31)19-10-6-3-7-11-19/h2-16,29,32H,1H3/b27-16+. The number of rotatable bonds is 5. The molecule has 5 aromatic rings. The lowest BCUT2D eigenvalue weighted by Crippen LogP contribution is -2.20. The van der Waals surface area contributed by atoms with E-state index >= 15 is 0 Å². The Labute approximate surface area is 189 Å². The molecule has 0 unspecified atom stereocenters. The monoisotopic (exact) mass is 436 g/mol. The minimum absolute atomic E-state index is 0.267. The second-order valence-electron chi connectivity index (χ2n) is 7.40. The fourth-order valence-electron chi connectivity index (χ4n) is 3.96. The smallest absolute Gasteiger partial charge is 0.281 e. The SMILES string of the molecule is COc1ccc(-c2c(/C=N/O)nc3c(-c4ccccc4)c(-c4ccccc4)[nH]n3c2=O)cc1. The molecule has 0 aliphatic heterocycles. The lowest BCUT2D eigenvalue weighted by molar-refractivity contribution is 0.321. The third-order valence-corrected chi connectivity index (χ3v) is 5.49. The summed E-state index contributed by atoms with van der Waals surface area (Å²) in [5.41, 5.74) is 4.73. The third kappa shape index (κ3) is 3.55. The maximum atomic E-state index is 13.7. The van der Waals surface area contributed by atoms with Crippen molar-refractivity contribution in [1.82, 2.24) is 14.6 Å². The van der Waals surface area contributed by atoms with Crippen molar-refractivity contribution in [2.45, 2.75) is 0 Å². The van der Waals surface area contributed by atoms with Crippen LogP contribution in [0.1, 0.15) is 5.69 Å². The number of hydrogen-bond donors (Lipinski definition) is 2. The largest absolute Gasteiger partial charge is 0.497 e. The third-order valence-electron chi connectivity index (χ3n) is 5.49. The predicted molar refractivity (Wildman–Crippen MR) is 128 cm³/mol. The molecule has 7 nitrogen and oxygen atoms in total. The van der Waals surface area contributed by atoms with Crippen molar-refractivity contribution in [1.29, 1.82) is 0 Å². The maximum Gasteiger partial charge on any atom is 0.281 e. The Morgan fingerprint density at radius 1 is 0.879 bits per heavy atom. The second kappa shape index (κ2) is 8.47. The number of H-pyrrole nitrogens is 1. The lowest BCUT2D eigenvalue weighted by Gasteiger charge is -2.08. The number of benzene rings is 3. The predicted octanol–water partition coefficient (Wildman–Crippen LogP) is 4.84.